The molecule has 0 amide bonds. The molecule has 0 spiro atoms. The number of rotatable bonds is 4. The summed E-state index contributed by atoms with van der Waals surface area (Å²) in [5.74, 6) is 2.42. The Hall–Kier alpha value is -1.52. The molecule has 0 fully saturated rings. The van der Waals surface area contributed by atoms with E-state index in [1.165, 1.54) is 17.5 Å². The molecule has 25 heavy (non-hydrogen) atoms. The summed E-state index contributed by atoms with van der Waals surface area (Å²) in [6.45, 7) is 6.82. The first kappa shape index (κ1) is 16.9. The summed E-state index contributed by atoms with van der Waals surface area (Å²) in [4.78, 5) is 5.77. The number of benzene rings is 1. The van der Waals surface area contributed by atoms with Gasteiger partial charge in [-0.05, 0) is 53.6 Å². The zero-order valence-corrected chi connectivity index (χ0v) is 16.4. The average molecular weight is 358 g/mol. The van der Waals surface area contributed by atoms with Crippen LogP contribution >= 0.6 is 11.3 Å². The Balaban J connectivity index is 1.68. The van der Waals surface area contributed by atoms with Crippen molar-refractivity contribution in [2.75, 3.05) is 20.8 Å². The largest absolute Gasteiger partial charge is 0.493 e. The number of methoxy groups -OCH3 is 2. The van der Waals surface area contributed by atoms with E-state index < -0.39 is 0 Å². The van der Waals surface area contributed by atoms with Gasteiger partial charge in [0.05, 0.1) is 14.2 Å². The maximum absolute atomic E-state index is 5.56. The van der Waals surface area contributed by atoms with Crippen molar-refractivity contribution in [2.24, 2.45) is 5.92 Å². The summed E-state index contributed by atoms with van der Waals surface area (Å²) < 4.78 is 11.1. The maximum Gasteiger partial charge on any atom is 0.161 e. The zero-order chi connectivity index (χ0) is 17.6. The highest BCUT2D eigenvalue weighted by Gasteiger charge is 2.34. The lowest BCUT2D eigenvalue weighted by molar-refractivity contribution is 0.162. The van der Waals surface area contributed by atoms with E-state index >= 15 is 0 Å². The van der Waals surface area contributed by atoms with Crippen LogP contribution in [0.4, 0.5) is 0 Å². The van der Waals surface area contributed by atoms with Gasteiger partial charge in [0.15, 0.2) is 11.5 Å². The quantitative estimate of drug-likeness (QED) is 0.797. The van der Waals surface area contributed by atoms with E-state index in [1.807, 2.05) is 11.3 Å². The Morgan fingerprint density at radius 2 is 1.88 bits per heavy atom. The molecule has 2 aliphatic rings. The third kappa shape index (κ3) is 3.06. The minimum absolute atomic E-state index is 0.474. The molecule has 3 nitrogen and oxygen atoms in total. The molecule has 4 rings (SSSR count). The van der Waals surface area contributed by atoms with Gasteiger partial charge in [-0.3, -0.25) is 4.90 Å². The van der Waals surface area contributed by atoms with Crippen molar-refractivity contribution in [3.05, 3.63) is 44.6 Å². The third-order valence-corrected chi connectivity index (χ3v) is 6.64. The first-order valence-electron chi connectivity index (χ1n) is 9.18. The van der Waals surface area contributed by atoms with E-state index in [0.29, 0.717) is 6.04 Å². The monoisotopic (exact) mass is 357 g/mol. The van der Waals surface area contributed by atoms with Crippen LogP contribution in [0.2, 0.25) is 0 Å². The summed E-state index contributed by atoms with van der Waals surface area (Å²) in [5, 5.41) is 0. The smallest absolute Gasteiger partial charge is 0.161 e. The Morgan fingerprint density at radius 3 is 2.60 bits per heavy atom. The Morgan fingerprint density at radius 1 is 1.12 bits per heavy atom. The molecular weight excluding hydrogens is 330 g/mol. The minimum Gasteiger partial charge on any atom is -0.493 e. The molecular formula is C21H27NO2S. The molecule has 0 radical (unpaired) electrons. The molecule has 3 heterocycles. The molecule has 1 atom stereocenters. The highest BCUT2D eigenvalue weighted by molar-refractivity contribution is 7.12. The predicted octanol–water partition coefficient (Wildman–Crippen LogP) is 4.62. The molecule has 2 aromatic rings. The molecule has 1 aromatic carbocycles. The lowest BCUT2D eigenvalue weighted by Crippen LogP contribution is -2.38. The predicted molar refractivity (Wildman–Crippen MR) is 103 cm³/mol. The summed E-state index contributed by atoms with van der Waals surface area (Å²) in [5.41, 5.74) is 4.40. The number of thiophene rings is 1. The fourth-order valence-electron chi connectivity index (χ4n) is 4.24. The van der Waals surface area contributed by atoms with Gasteiger partial charge in [-0.2, -0.15) is 0 Å². The molecule has 0 saturated carbocycles. The normalized spacial score (nSPS) is 19.3. The zero-order valence-electron chi connectivity index (χ0n) is 15.6. The molecule has 0 N–H and O–H groups in total. The highest BCUT2D eigenvalue weighted by atomic mass is 32.1. The first-order chi connectivity index (χ1) is 12.1. The van der Waals surface area contributed by atoms with Crippen LogP contribution in [0.5, 0.6) is 11.5 Å². The highest BCUT2D eigenvalue weighted by Crippen LogP contribution is 2.44. The van der Waals surface area contributed by atoms with Gasteiger partial charge in [0, 0.05) is 35.3 Å². The van der Waals surface area contributed by atoms with E-state index in [4.69, 9.17) is 9.47 Å². The maximum atomic E-state index is 5.56. The van der Waals surface area contributed by atoms with Crippen LogP contribution in [0.1, 0.15) is 46.3 Å². The van der Waals surface area contributed by atoms with Crippen molar-refractivity contribution >= 4 is 11.3 Å². The van der Waals surface area contributed by atoms with Crippen LogP contribution in [0.25, 0.3) is 0 Å². The van der Waals surface area contributed by atoms with E-state index in [1.54, 1.807) is 29.5 Å². The lowest BCUT2D eigenvalue weighted by Gasteiger charge is -2.40. The van der Waals surface area contributed by atoms with Crippen molar-refractivity contribution in [1.29, 1.82) is 0 Å². The number of fused-ring (bicyclic) bond motifs is 4. The molecule has 2 aliphatic heterocycles. The van der Waals surface area contributed by atoms with E-state index in [0.717, 1.165) is 43.3 Å². The van der Waals surface area contributed by atoms with Crippen LogP contribution < -0.4 is 9.47 Å². The van der Waals surface area contributed by atoms with Gasteiger partial charge in [0.2, 0.25) is 0 Å². The first-order valence-corrected chi connectivity index (χ1v) is 10.00. The molecule has 4 heteroatoms. The van der Waals surface area contributed by atoms with Gasteiger partial charge >= 0.3 is 0 Å². The summed E-state index contributed by atoms with van der Waals surface area (Å²) in [7, 11) is 3.44. The topological polar surface area (TPSA) is 21.7 Å². The van der Waals surface area contributed by atoms with Crippen LogP contribution in [0, 0.1) is 5.92 Å². The number of hydrogen-bond donors (Lipinski definition) is 0. The van der Waals surface area contributed by atoms with Crippen LogP contribution in [0.3, 0.4) is 0 Å². The van der Waals surface area contributed by atoms with Gasteiger partial charge in [-0.15, -0.1) is 11.3 Å². The number of nitrogens with zero attached hydrogens (tertiary/aromatic N) is 1. The standard InChI is InChI=1S/C21H27NO2S/c1-13(2)7-16-8-15-12-22-6-5-14-9-19(23-3)20(24-4)10-17(14)18(22)11-21(15)25-16/h8-10,13,18H,5-7,11-12H2,1-4H3/t18-/m0/s1. The van der Waals surface area contributed by atoms with Crippen molar-refractivity contribution < 1.29 is 9.47 Å². The Kier molecular flexibility index (Phi) is 4.50. The Labute approximate surface area is 154 Å². The van der Waals surface area contributed by atoms with Crippen LogP contribution in [0.15, 0.2) is 18.2 Å². The second kappa shape index (κ2) is 6.65. The van der Waals surface area contributed by atoms with Gasteiger partial charge in [-0.25, -0.2) is 0 Å². The van der Waals surface area contributed by atoms with Gasteiger partial charge < -0.3 is 9.47 Å². The minimum atomic E-state index is 0.474. The fraction of sp³-hybridized carbons (Fsp3) is 0.524. The summed E-state index contributed by atoms with van der Waals surface area (Å²) in [6, 6.07) is 7.32. The molecule has 0 unspecified atom stereocenters. The number of ether oxygens (including phenoxy) is 2. The van der Waals surface area contributed by atoms with Crippen molar-refractivity contribution in [3.63, 3.8) is 0 Å². The molecule has 0 saturated heterocycles. The second-order valence-electron chi connectivity index (χ2n) is 7.61. The van der Waals surface area contributed by atoms with Crippen molar-refractivity contribution in [2.45, 2.75) is 45.7 Å². The average Bonchev–Trinajstić information content (AvgIpc) is 2.98. The Bertz CT molecular complexity index is 780. The third-order valence-electron chi connectivity index (χ3n) is 5.42. The molecule has 1 aromatic heterocycles. The summed E-state index contributed by atoms with van der Waals surface area (Å²) >= 11 is 2.03. The molecule has 0 bridgehead atoms. The summed E-state index contributed by atoms with van der Waals surface area (Å²) in [6.07, 6.45) is 3.41. The van der Waals surface area contributed by atoms with E-state index in [9.17, 15) is 0 Å². The van der Waals surface area contributed by atoms with Crippen molar-refractivity contribution in [3.8, 4) is 11.5 Å². The van der Waals surface area contributed by atoms with E-state index in [-0.39, 0.29) is 0 Å². The van der Waals surface area contributed by atoms with Crippen molar-refractivity contribution in [1.82, 2.24) is 4.90 Å². The van der Waals surface area contributed by atoms with Crippen LogP contribution in [-0.4, -0.2) is 25.7 Å². The molecule has 0 aliphatic carbocycles. The number of hydrogen-bond acceptors (Lipinski definition) is 4. The van der Waals surface area contributed by atoms with Gasteiger partial charge in [0.25, 0.3) is 0 Å². The second-order valence-corrected chi connectivity index (χ2v) is 8.83. The van der Waals surface area contributed by atoms with E-state index in [2.05, 4.69) is 36.9 Å². The fourth-order valence-corrected chi connectivity index (χ4v) is 5.67. The van der Waals surface area contributed by atoms with Gasteiger partial charge in [-0.1, -0.05) is 13.8 Å². The van der Waals surface area contributed by atoms with Crippen LogP contribution in [-0.2, 0) is 25.8 Å². The van der Waals surface area contributed by atoms with Gasteiger partial charge in [0.1, 0.15) is 0 Å². The lowest BCUT2D eigenvalue weighted by atomic mass is 9.86. The molecule has 134 valence electrons. The SMILES string of the molecule is COc1cc2c(cc1OC)[C@@H]1Cc3sc(CC(C)C)cc3CN1CC2.